The molecule has 2 heterocycles. The number of carbonyl (C=O) groups is 1. The molecular formula is C21H17N5O4S. The quantitative estimate of drug-likeness (QED) is 0.254. The Morgan fingerprint density at radius 1 is 1.06 bits per heavy atom. The highest BCUT2D eigenvalue weighted by molar-refractivity contribution is 7.99. The maximum Gasteiger partial charge on any atom is 0.269 e. The average Bonchev–Trinajstić information content (AvgIpc) is 3.47. The first-order chi connectivity index (χ1) is 15.1. The molecule has 1 amide bonds. The monoisotopic (exact) mass is 435 g/mol. The number of nitrogens with zero attached hydrogens (tertiary/aromatic N) is 4. The zero-order valence-electron chi connectivity index (χ0n) is 16.2. The predicted molar refractivity (Wildman–Crippen MR) is 115 cm³/mol. The fraction of sp³-hybridized carbons (Fsp3) is 0.0952. The second-order valence-corrected chi connectivity index (χ2v) is 7.37. The van der Waals surface area contributed by atoms with Crippen molar-refractivity contribution >= 4 is 23.4 Å². The Labute approximate surface area is 181 Å². The molecule has 0 radical (unpaired) electrons. The number of rotatable bonds is 8. The molecule has 0 aliphatic rings. The van der Waals surface area contributed by atoms with E-state index < -0.39 is 4.92 Å². The zero-order valence-corrected chi connectivity index (χ0v) is 17.0. The predicted octanol–water partition coefficient (Wildman–Crippen LogP) is 3.84. The van der Waals surface area contributed by atoms with Gasteiger partial charge in [0, 0.05) is 23.4 Å². The van der Waals surface area contributed by atoms with Crippen molar-refractivity contribution in [3.63, 3.8) is 0 Å². The Balaban J connectivity index is 1.56. The van der Waals surface area contributed by atoms with E-state index in [0.717, 1.165) is 5.69 Å². The lowest BCUT2D eigenvalue weighted by atomic mass is 10.2. The van der Waals surface area contributed by atoms with Gasteiger partial charge in [-0.15, -0.1) is 10.2 Å². The number of nitro benzene ring substituents is 1. The molecule has 0 atom stereocenters. The van der Waals surface area contributed by atoms with Crippen LogP contribution in [0.25, 0.3) is 17.1 Å². The summed E-state index contributed by atoms with van der Waals surface area (Å²) in [5.74, 6) is 1.18. The van der Waals surface area contributed by atoms with Crippen LogP contribution >= 0.6 is 11.8 Å². The van der Waals surface area contributed by atoms with E-state index in [4.69, 9.17) is 4.42 Å². The normalized spacial score (nSPS) is 10.7. The van der Waals surface area contributed by atoms with Gasteiger partial charge in [-0.25, -0.2) is 0 Å². The average molecular weight is 435 g/mol. The molecule has 0 aliphatic heterocycles. The summed E-state index contributed by atoms with van der Waals surface area (Å²) in [6.45, 7) is 0.311. The van der Waals surface area contributed by atoms with Gasteiger partial charge in [-0.3, -0.25) is 19.5 Å². The third kappa shape index (κ3) is 4.81. The Morgan fingerprint density at radius 3 is 2.52 bits per heavy atom. The Morgan fingerprint density at radius 2 is 1.84 bits per heavy atom. The standard InChI is InChI=1S/C21H17N5O4S/c27-19(22-13-18-7-4-12-30-18)14-31-21-24-23-20(25(21)16-5-2-1-3-6-16)15-8-10-17(11-9-15)26(28)29/h1-12H,13-14H2,(H,22,27). The molecule has 2 aromatic carbocycles. The molecule has 0 saturated carbocycles. The maximum absolute atomic E-state index is 12.2. The van der Waals surface area contributed by atoms with Gasteiger partial charge in [-0.1, -0.05) is 30.0 Å². The van der Waals surface area contributed by atoms with Gasteiger partial charge in [0.15, 0.2) is 11.0 Å². The van der Waals surface area contributed by atoms with Crippen LogP contribution in [0, 0.1) is 10.1 Å². The molecule has 9 nitrogen and oxygen atoms in total. The maximum atomic E-state index is 12.2. The first-order valence-electron chi connectivity index (χ1n) is 9.29. The number of nitro groups is 1. The van der Waals surface area contributed by atoms with Crippen molar-refractivity contribution in [1.29, 1.82) is 0 Å². The molecular weight excluding hydrogens is 418 g/mol. The zero-order chi connectivity index (χ0) is 21.6. The molecule has 2 aromatic heterocycles. The molecule has 4 rings (SSSR count). The Kier molecular flexibility index (Phi) is 6.08. The van der Waals surface area contributed by atoms with Gasteiger partial charge in [-0.05, 0) is 36.4 Å². The first kappa shape index (κ1) is 20.4. The summed E-state index contributed by atoms with van der Waals surface area (Å²) >= 11 is 1.25. The number of amides is 1. The highest BCUT2D eigenvalue weighted by atomic mass is 32.2. The Hall–Kier alpha value is -3.92. The van der Waals surface area contributed by atoms with E-state index in [1.54, 1.807) is 30.5 Å². The molecule has 1 N–H and O–H groups in total. The van der Waals surface area contributed by atoms with Crippen LogP contribution in [0.4, 0.5) is 5.69 Å². The van der Waals surface area contributed by atoms with Crippen LogP contribution in [0.1, 0.15) is 5.76 Å². The van der Waals surface area contributed by atoms with Crippen LogP contribution in [0.2, 0.25) is 0 Å². The number of thioether (sulfide) groups is 1. The van der Waals surface area contributed by atoms with Crippen molar-refractivity contribution in [1.82, 2.24) is 20.1 Å². The highest BCUT2D eigenvalue weighted by Gasteiger charge is 2.18. The molecule has 0 unspecified atom stereocenters. The lowest BCUT2D eigenvalue weighted by molar-refractivity contribution is -0.384. The largest absolute Gasteiger partial charge is 0.467 e. The van der Waals surface area contributed by atoms with Gasteiger partial charge < -0.3 is 9.73 Å². The van der Waals surface area contributed by atoms with E-state index in [1.807, 2.05) is 34.9 Å². The lowest BCUT2D eigenvalue weighted by Gasteiger charge is -2.10. The third-order valence-electron chi connectivity index (χ3n) is 4.36. The summed E-state index contributed by atoms with van der Waals surface area (Å²) in [6, 6.07) is 19.1. The van der Waals surface area contributed by atoms with Gasteiger partial charge in [-0.2, -0.15) is 0 Å². The summed E-state index contributed by atoms with van der Waals surface area (Å²) < 4.78 is 7.03. The fourth-order valence-electron chi connectivity index (χ4n) is 2.87. The molecule has 4 aromatic rings. The number of hydrogen-bond acceptors (Lipinski definition) is 7. The first-order valence-corrected chi connectivity index (χ1v) is 10.3. The summed E-state index contributed by atoms with van der Waals surface area (Å²) in [5.41, 5.74) is 1.49. The smallest absolute Gasteiger partial charge is 0.269 e. The van der Waals surface area contributed by atoms with Gasteiger partial charge >= 0.3 is 0 Å². The van der Waals surface area contributed by atoms with Crippen molar-refractivity contribution in [2.75, 3.05) is 5.75 Å². The minimum Gasteiger partial charge on any atom is -0.467 e. The number of nitrogens with one attached hydrogen (secondary N) is 1. The molecule has 0 aliphatic carbocycles. The molecule has 0 spiro atoms. The van der Waals surface area contributed by atoms with Crippen molar-refractivity contribution in [3.8, 4) is 17.1 Å². The van der Waals surface area contributed by atoms with E-state index >= 15 is 0 Å². The van der Waals surface area contributed by atoms with E-state index in [-0.39, 0.29) is 17.3 Å². The van der Waals surface area contributed by atoms with Crippen molar-refractivity contribution in [2.24, 2.45) is 0 Å². The summed E-state index contributed by atoms with van der Waals surface area (Å²) in [5, 5.41) is 22.8. The SMILES string of the molecule is O=C(CSc1nnc(-c2ccc([N+](=O)[O-])cc2)n1-c1ccccc1)NCc1ccco1. The van der Waals surface area contributed by atoms with Crippen molar-refractivity contribution < 1.29 is 14.1 Å². The molecule has 0 fully saturated rings. The minimum absolute atomic E-state index is 0.00245. The molecule has 156 valence electrons. The lowest BCUT2D eigenvalue weighted by Crippen LogP contribution is -2.24. The van der Waals surface area contributed by atoms with Crippen LogP contribution in [0.15, 0.2) is 82.6 Å². The second kappa shape index (κ2) is 9.26. The minimum atomic E-state index is -0.450. The number of benzene rings is 2. The van der Waals surface area contributed by atoms with E-state index in [1.165, 1.54) is 23.9 Å². The van der Waals surface area contributed by atoms with Crippen LogP contribution < -0.4 is 5.32 Å². The Bertz CT molecular complexity index is 1170. The summed E-state index contributed by atoms with van der Waals surface area (Å²) in [6.07, 6.45) is 1.55. The molecule has 0 saturated heterocycles. The number of hydrogen-bond donors (Lipinski definition) is 1. The number of non-ortho nitro benzene ring substituents is 1. The third-order valence-corrected chi connectivity index (χ3v) is 5.29. The van der Waals surface area contributed by atoms with E-state index in [2.05, 4.69) is 15.5 Å². The number of carbonyl (C=O) groups excluding carboxylic acids is 1. The van der Waals surface area contributed by atoms with Gasteiger partial charge in [0.1, 0.15) is 5.76 Å². The summed E-state index contributed by atoms with van der Waals surface area (Å²) in [7, 11) is 0. The summed E-state index contributed by atoms with van der Waals surface area (Å²) in [4.78, 5) is 22.7. The van der Waals surface area contributed by atoms with Crippen LogP contribution in [-0.2, 0) is 11.3 Å². The topological polar surface area (TPSA) is 116 Å². The van der Waals surface area contributed by atoms with Gasteiger partial charge in [0.05, 0.1) is 23.5 Å². The van der Waals surface area contributed by atoms with Crippen LogP contribution in [0.3, 0.4) is 0 Å². The van der Waals surface area contributed by atoms with Gasteiger partial charge in [0.2, 0.25) is 5.91 Å². The second-order valence-electron chi connectivity index (χ2n) is 6.43. The highest BCUT2D eigenvalue weighted by Crippen LogP contribution is 2.28. The van der Waals surface area contributed by atoms with Crippen molar-refractivity contribution in [2.45, 2.75) is 11.7 Å². The van der Waals surface area contributed by atoms with E-state index in [0.29, 0.717) is 28.8 Å². The molecule has 10 heteroatoms. The fourth-order valence-corrected chi connectivity index (χ4v) is 3.65. The van der Waals surface area contributed by atoms with E-state index in [9.17, 15) is 14.9 Å². The molecule has 0 bridgehead atoms. The van der Waals surface area contributed by atoms with Crippen molar-refractivity contribution in [3.05, 3.63) is 88.9 Å². The van der Waals surface area contributed by atoms with Crippen LogP contribution in [-0.4, -0.2) is 31.3 Å². The number of para-hydroxylation sites is 1. The van der Waals surface area contributed by atoms with Gasteiger partial charge in [0.25, 0.3) is 5.69 Å². The number of aromatic nitrogens is 3. The number of furan rings is 1. The molecule has 31 heavy (non-hydrogen) atoms. The van der Waals surface area contributed by atoms with Crippen LogP contribution in [0.5, 0.6) is 0 Å².